The highest BCUT2D eigenvalue weighted by Gasteiger charge is 2.14. The summed E-state index contributed by atoms with van der Waals surface area (Å²) in [5.74, 6) is -0.649. The molecule has 6 heteroatoms. The third-order valence-electron chi connectivity index (χ3n) is 1.94. The van der Waals surface area contributed by atoms with Gasteiger partial charge < -0.3 is 4.98 Å². The van der Waals surface area contributed by atoms with Crippen molar-refractivity contribution in [3.8, 4) is 0 Å². The lowest BCUT2D eigenvalue weighted by molar-refractivity contribution is 0.103. The summed E-state index contributed by atoms with van der Waals surface area (Å²) < 4.78 is 13.7. The zero-order valence-electron chi connectivity index (χ0n) is 7.80. The number of hydrogen-bond donors (Lipinski definition) is 1. The Morgan fingerprint density at radius 1 is 1.50 bits per heavy atom. The largest absolute Gasteiger partial charge is 0.331 e. The lowest BCUT2D eigenvalue weighted by Crippen LogP contribution is -2.04. The lowest BCUT2D eigenvalue weighted by atomic mass is 10.1. The van der Waals surface area contributed by atoms with Gasteiger partial charge in [-0.15, -0.1) is 0 Å². The van der Waals surface area contributed by atoms with Gasteiger partial charge in [0.05, 0.1) is 14.9 Å². The highest BCUT2D eigenvalue weighted by Crippen LogP contribution is 2.17. The predicted octanol–water partition coefficient (Wildman–Crippen LogP) is 3.04. The third-order valence-corrected chi connectivity index (χ3v) is 2.78. The summed E-state index contributed by atoms with van der Waals surface area (Å²) in [4.78, 5) is 18.5. The minimum absolute atomic E-state index is 0.0768. The molecular weight excluding hydrogens is 345 g/mol. The highest BCUT2D eigenvalue weighted by molar-refractivity contribution is 14.1. The van der Waals surface area contributed by atoms with Gasteiger partial charge in [0.2, 0.25) is 5.78 Å². The average molecular weight is 351 g/mol. The van der Waals surface area contributed by atoms with Crippen LogP contribution in [0.5, 0.6) is 0 Å². The molecule has 0 saturated heterocycles. The number of nitrogens with zero attached hydrogens (tertiary/aromatic N) is 1. The number of ketones is 1. The number of aromatic amines is 1. The molecule has 16 heavy (non-hydrogen) atoms. The van der Waals surface area contributed by atoms with Gasteiger partial charge in [0.15, 0.2) is 5.82 Å². The molecule has 0 aliphatic heterocycles. The quantitative estimate of drug-likeness (QED) is 0.668. The molecule has 0 amide bonds. The maximum Gasteiger partial charge on any atom is 0.228 e. The zero-order chi connectivity index (χ0) is 11.7. The fraction of sp³-hybridized carbons (Fsp3) is 0. The number of aromatic nitrogens is 2. The first kappa shape index (κ1) is 11.5. The smallest absolute Gasteiger partial charge is 0.228 e. The maximum absolute atomic E-state index is 12.9. The molecule has 1 aromatic carbocycles. The number of halogens is 3. The summed E-state index contributed by atoms with van der Waals surface area (Å²) in [6, 6.07) is 3.82. The first-order chi connectivity index (χ1) is 7.58. The molecule has 2 rings (SSSR count). The second kappa shape index (κ2) is 4.50. The van der Waals surface area contributed by atoms with Gasteiger partial charge in [0.25, 0.3) is 0 Å². The normalized spacial score (nSPS) is 10.4. The van der Waals surface area contributed by atoms with Crippen molar-refractivity contribution in [2.75, 3.05) is 0 Å². The number of benzene rings is 1. The second-order valence-corrected chi connectivity index (χ2v) is 4.61. The van der Waals surface area contributed by atoms with Crippen LogP contribution in [0.15, 0.2) is 24.4 Å². The molecule has 0 unspecified atom stereocenters. The number of carbonyl (C=O) groups excluding carboxylic acids is 1. The van der Waals surface area contributed by atoms with E-state index in [4.69, 9.17) is 11.6 Å². The van der Waals surface area contributed by atoms with Gasteiger partial charge in [0, 0.05) is 5.56 Å². The van der Waals surface area contributed by atoms with Crippen LogP contribution in [0, 0.1) is 9.52 Å². The summed E-state index contributed by atoms with van der Waals surface area (Å²) in [6.45, 7) is 0. The van der Waals surface area contributed by atoms with Crippen LogP contribution >= 0.6 is 34.2 Å². The van der Waals surface area contributed by atoms with Gasteiger partial charge in [-0.1, -0.05) is 11.6 Å². The van der Waals surface area contributed by atoms with Gasteiger partial charge in [-0.05, 0) is 40.8 Å². The SMILES string of the molecule is O=C(c1ccc(F)c(Cl)c1)c1ncc(I)[nH]1. The molecule has 0 aliphatic rings. The monoisotopic (exact) mass is 350 g/mol. The Kier molecular flexibility index (Phi) is 3.25. The van der Waals surface area contributed by atoms with E-state index in [2.05, 4.69) is 9.97 Å². The van der Waals surface area contributed by atoms with Crippen molar-refractivity contribution in [2.24, 2.45) is 0 Å². The summed E-state index contributed by atoms with van der Waals surface area (Å²) in [7, 11) is 0. The number of H-pyrrole nitrogens is 1. The van der Waals surface area contributed by atoms with E-state index < -0.39 is 5.82 Å². The zero-order valence-corrected chi connectivity index (χ0v) is 10.7. The van der Waals surface area contributed by atoms with Crippen molar-refractivity contribution in [3.05, 3.63) is 50.3 Å². The van der Waals surface area contributed by atoms with Crippen LogP contribution < -0.4 is 0 Å². The van der Waals surface area contributed by atoms with E-state index in [1.807, 2.05) is 22.6 Å². The fourth-order valence-corrected chi connectivity index (χ4v) is 1.76. The van der Waals surface area contributed by atoms with Crippen molar-refractivity contribution in [1.82, 2.24) is 9.97 Å². The molecule has 0 saturated carbocycles. The predicted molar refractivity (Wildman–Crippen MR) is 66.1 cm³/mol. The van der Waals surface area contributed by atoms with Crippen LogP contribution in [-0.4, -0.2) is 15.8 Å². The van der Waals surface area contributed by atoms with E-state index in [0.717, 1.165) is 9.77 Å². The molecule has 0 bridgehead atoms. The number of carbonyl (C=O) groups is 1. The van der Waals surface area contributed by atoms with Crippen LogP contribution in [0.4, 0.5) is 4.39 Å². The van der Waals surface area contributed by atoms with Crippen LogP contribution in [0.25, 0.3) is 0 Å². The van der Waals surface area contributed by atoms with E-state index in [1.165, 1.54) is 12.1 Å². The van der Waals surface area contributed by atoms with E-state index in [1.54, 1.807) is 6.20 Å². The van der Waals surface area contributed by atoms with Crippen LogP contribution in [0.2, 0.25) is 5.02 Å². The minimum Gasteiger partial charge on any atom is -0.331 e. The van der Waals surface area contributed by atoms with Crippen LogP contribution in [0.1, 0.15) is 16.2 Å². The Morgan fingerprint density at radius 2 is 2.25 bits per heavy atom. The van der Waals surface area contributed by atoms with Crippen molar-refractivity contribution in [2.45, 2.75) is 0 Å². The van der Waals surface area contributed by atoms with Crippen molar-refractivity contribution >= 4 is 40.0 Å². The van der Waals surface area contributed by atoms with Crippen molar-refractivity contribution in [1.29, 1.82) is 0 Å². The Bertz CT molecular complexity index is 556. The molecule has 0 atom stereocenters. The van der Waals surface area contributed by atoms with E-state index in [9.17, 15) is 9.18 Å². The van der Waals surface area contributed by atoms with E-state index in [0.29, 0.717) is 5.56 Å². The maximum atomic E-state index is 12.9. The van der Waals surface area contributed by atoms with Gasteiger partial charge in [0.1, 0.15) is 5.82 Å². The second-order valence-electron chi connectivity index (χ2n) is 3.04. The number of hydrogen-bond acceptors (Lipinski definition) is 2. The first-order valence-electron chi connectivity index (χ1n) is 4.28. The molecule has 82 valence electrons. The van der Waals surface area contributed by atoms with Gasteiger partial charge >= 0.3 is 0 Å². The standard InChI is InChI=1S/C10H5ClFIN2O/c11-6-3-5(1-2-7(6)12)9(16)10-14-4-8(13)15-10/h1-4H,(H,14,15). The summed E-state index contributed by atoms with van der Waals surface area (Å²) in [5, 5.41) is -0.0768. The Balaban J connectivity index is 2.38. The molecule has 0 fully saturated rings. The fourth-order valence-electron chi connectivity index (χ4n) is 1.19. The molecule has 1 N–H and O–H groups in total. The van der Waals surface area contributed by atoms with Gasteiger partial charge in [-0.3, -0.25) is 4.79 Å². The molecule has 3 nitrogen and oxygen atoms in total. The summed E-state index contributed by atoms with van der Waals surface area (Å²) in [6.07, 6.45) is 1.54. The van der Waals surface area contributed by atoms with E-state index in [-0.39, 0.29) is 16.6 Å². The van der Waals surface area contributed by atoms with E-state index >= 15 is 0 Å². The Morgan fingerprint density at radius 3 is 2.81 bits per heavy atom. The van der Waals surface area contributed by atoms with Gasteiger partial charge in [-0.25, -0.2) is 9.37 Å². The van der Waals surface area contributed by atoms with Crippen molar-refractivity contribution in [3.63, 3.8) is 0 Å². The Hall–Kier alpha value is -0.950. The number of rotatable bonds is 2. The van der Waals surface area contributed by atoms with Crippen molar-refractivity contribution < 1.29 is 9.18 Å². The molecular formula is C10H5ClFIN2O. The lowest BCUT2D eigenvalue weighted by Gasteiger charge is -1.99. The third kappa shape index (κ3) is 2.25. The molecule has 0 radical (unpaired) electrons. The van der Waals surface area contributed by atoms with Gasteiger partial charge in [-0.2, -0.15) is 0 Å². The summed E-state index contributed by atoms with van der Waals surface area (Å²) in [5.41, 5.74) is 0.303. The highest BCUT2D eigenvalue weighted by atomic mass is 127. The Labute approximate surface area is 109 Å². The average Bonchev–Trinajstić information content (AvgIpc) is 2.68. The van der Waals surface area contributed by atoms with Crippen LogP contribution in [-0.2, 0) is 0 Å². The van der Waals surface area contributed by atoms with Crippen LogP contribution in [0.3, 0.4) is 0 Å². The molecule has 0 spiro atoms. The topological polar surface area (TPSA) is 45.8 Å². The molecule has 2 aromatic rings. The molecule has 1 aromatic heterocycles. The number of nitrogens with one attached hydrogen (secondary N) is 1. The summed E-state index contributed by atoms with van der Waals surface area (Å²) >= 11 is 7.60. The molecule has 0 aliphatic carbocycles. The molecule has 1 heterocycles. The number of imidazole rings is 1. The first-order valence-corrected chi connectivity index (χ1v) is 5.74. The minimum atomic E-state index is -0.549.